The van der Waals surface area contributed by atoms with Crippen LogP contribution in [0.25, 0.3) is 0 Å². The Labute approximate surface area is 120 Å². The fourth-order valence-corrected chi connectivity index (χ4v) is 4.11. The van der Waals surface area contributed by atoms with Crippen LogP contribution in [0.5, 0.6) is 0 Å². The molecule has 0 amide bonds. The van der Waals surface area contributed by atoms with Crippen molar-refractivity contribution in [3.63, 3.8) is 0 Å². The Morgan fingerprint density at radius 1 is 1.11 bits per heavy atom. The smallest absolute Gasteiger partial charge is 0.0307 e. The Morgan fingerprint density at radius 2 is 1.79 bits per heavy atom. The number of likely N-dealkylation sites (N-methyl/N-ethyl adjacent to an activating group) is 1. The highest BCUT2D eigenvalue weighted by atomic mass is 14.9. The standard InChI is InChI=1S/C18H33N/c1-4-19-18(16-8-6-5-7-9-16)17-12-10-15(11-13-17)14(2)3/h8,14-15,17-19H,4-7,9-13H2,1-3H3. The van der Waals surface area contributed by atoms with Crippen molar-refractivity contribution >= 4 is 0 Å². The van der Waals surface area contributed by atoms with Crippen molar-refractivity contribution in [1.29, 1.82) is 0 Å². The summed E-state index contributed by atoms with van der Waals surface area (Å²) < 4.78 is 0. The number of hydrogen-bond acceptors (Lipinski definition) is 1. The lowest BCUT2D eigenvalue weighted by Crippen LogP contribution is -2.40. The van der Waals surface area contributed by atoms with Crippen molar-refractivity contribution in [1.82, 2.24) is 5.32 Å². The van der Waals surface area contributed by atoms with E-state index in [1.165, 1.54) is 51.4 Å². The van der Waals surface area contributed by atoms with E-state index in [2.05, 4.69) is 32.2 Å². The summed E-state index contributed by atoms with van der Waals surface area (Å²) in [6.45, 7) is 8.18. The van der Waals surface area contributed by atoms with Crippen molar-refractivity contribution in [3.8, 4) is 0 Å². The summed E-state index contributed by atoms with van der Waals surface area (Å²) in [5, 5.41) is 3.80. The fraction of sp³-hybridized carbons (Fsp3) is 0.889. The van der Waals surface area contributed by atoms with Gasteiger partial charge < -0.3 is 5.32 Å². The number of allylic oxidation sites excluding steroid dienone is 1. The third kappa shape index (κ3) is 4.08. The van der Waals surface area contributed by atoms with Crippen molar-refractivity contribution in [2.24, 2.45) is 17.8 Å². The largest absolute Gasteiger partial charge is 0.310 e. The maximum atomic E-state index is 3.80. The van der Waals surface area contributed by atoms with E-state index in [0.717, 1.165) is 24.3 Å². The monoisotopic (exact) mass is 263 g/mol. The number of hydrogen-bond donors (Lipinski definition) is 1. The van der Waals surface area contributed by atoms with E-state index >= 15 is 0 Å². The van der Waals surface area contributed by atoms with Gasteiger partial charge in [0.2, 0.25) is 0 Å². The van der Waals surface area contributed by atoms with E-state index in [4.69, 9.17) is 0 Å². The minimum atomic E-state index is 0.693. The Kier molecular flexibility index (Phi) is 5.94. The maximum absolute atomic E-state index is 3.80. The molecule has 0 aromatic carbocycles. The second-order valence-corrected chi connectivity index (χ2v) is 6.98. The summed E-state index contributed by atoms with van der Waals surface area (Å²) in [5.41, 5.74) is 1.74. The van der Waals surface area contributed by atoms with Gasteiger partial charge in [-0.1, -0.05) is 32.4 Å². The van der Waals surface area contributed by atoms with Crippen LogP contribution < -0.4 is 5.32 Å². The molecular formula is C18H33N. The summed E-state index contributed by atoms with van der Waals surface area (Å²) in [6.07, 6.45) is 13.8. The molecule has 1 saturated carbocycles. The van der Waals surface area contributed by atoms with Crippen LogP contribution in [0.4, 0.5) is 0 Å². The highest BCUT2D eigenvalue weighted by Crippen LogP contribution is 2.37. The normalized spacial score (nSPS) is 30.2. The third-order valence-corrected chi connectivity index (χ3v) is 5.38. The summed E-state index contributed by atoms with van der Waals surface area (Å²) in [5.74, 6) is 2.77. The minimum absolute atomic E-state index is 0.693. The maximum Gasteiger partial charge on any atom is 0.0307 e. The highest BCUT2D eigenvalue weighted by molar-refractivity contribution is 5.15. The second-order valence-electron chi connectivity index (χ2n) is 6.98. The molecule has 0 heterocycles. The number of rotatable bonds is 5. The summed E-state index contributed by atoms with van der Waals surface area (Å²) in [7, 11) is 0. The van der Waals surface area contributed by atoms with Crippen LogP contribution in [0, 0.1) is 17.8 Å². The zero-order chi connectivity index (χ0) is 13.7. The van der Waals surface area contributed by atoms with Crippen LogP contribution in [0.1, 0.15) is 72.1 Å². The van der Waals surface area contributed by atoms with Crippen molar-refractivity contribution in [2.45, 2.75) is 78.2 Å². The molecule has 0 radical (unpaired) electrons. The highest BCUT2D eigenvalue weighted by Gasteiger charge is 2.30. The number of nitrogens with one attached hydrogen (secondary N) is 1. The molecule has 0 saturated heterocycles. The van der Waals surface area contributed by atoms with E-state index in [1.54, 1.807) is 5.57 Å². The van der Waals surface area contributed by atoms with E-state index in [1.807, 2.05) is 0 Å². The van der Waals surface area contributed by atoms with Gasteiger partial charge in [0.05, 0.1) is 0 Å². The van der Waals surface area contributed by atoms with Gasteiger partial charge in [0.1, 0.15) is 0 Å². The van der Waals surface area contributed by atoms with Crippen LogP contribution >= 0.6 is 0 Å². The molecule has 0 aromatic heterocycles. The zero-order valence-corrected chi connectivity index (χ0v) is 13.3. The van der Waals surface area contributed by atoms with E-state index in [0.29, 0.717) is 6.04 Å². The van der Waals surface area contributed by atoms with Gasteiger partial charge in [-0.15, -0.1) is 0 Å². The lowest BCUT2D eigenvalue weighted by molar-refractivity contribution is 0.198. The first-order chi connectivity index (χ1) is 9.22. The van der Waals surface area contributed by atoms with E-state index < -0.39 is 0 Å². The molecule has 0 aliphatic heterocycles. The van der Waals surface area contributed by atoms with Crippen molar-refractivity contribution in [2.75, 3.05) is 6.54 Å². The van der Waals surface area contributed by atoms with Crippen LogP contribution in [0.3, 0.4) is 0 Å². The van der Waals surface area contributed by atoms with Crippen LogP contribution in [-0.4, -0.2) is 12.6 Å². The first kappa shape index (κ1) is 15.1. The molecule has 1 heteroatoms. The first-order valence-corrected chi connectivity index (χ1v) is 8.64. The van der Waals surface area contributed by atoms with Crippen LogP contribution in [0.15, 0.2) is 11.6 Å². The molecule has 19 heavy (non-hydrogen) atoms. The van der Waals surface area contributed by atoms with Crippen LogP contribution in [0.2, 0.25) is 0 Å². The molecule has 110 valence electrons. The van der Waals surface area contributed by atoms with Gasteiger partial charge in [0.25, 0.3) is 0 Å². The van der Waals surface area contributed by atoms with Gasteiger partial charge in [0, 0.05) is 6.04 Å². The molecule has 0 bridgehead atoms. The average molecular weight is 263 g/mol. The van der Waals surface area contributed by atoms with E-state index in [-0.39, 0.29) is 0 Å². The van der Waals surface area contributed by atoms with Crippen molar-refractivity contribution < 1.29 is 0 Å². The molecule has 2 aliphatic rings. The van der Waals surface area contributed by atoms with E-state index in [9.17, 15) is 0 Å². The minimum Gasteiger partial charge on any atom is -0.310 e. The quantitative estimate of drug-likeness (QED) is 0.694. The summed E-state index contributed by atoms with van der Waals surface area (Å²) >= 11 is 0. The zero-order valence-electron chi connectivity index (χ0n) is 13.3. The molecule has 1 unspecified atom stereocenters. The first-order valence-electron chi connectivity index (χ1n) is 8.64. The molecule has 0 aromatic rings. The van der Waals surface area contributed by atoms with Crippen LogP contribution in [-0.2, 0) is 0 Å². The molecule has 2 rings (SSSR count). The molecular weight excluding hydrogens is 230 g/mol. The summed E-state index contributed by atoms with van der Waals surface area (Å²) in [4.78, 5) is 0. The molecule has 1 nitrogen and oxygen atoms in total. The Morgan fingerprint density at radius 3 is 2.32 bits per heavy atom. The Balaban J connectivity index is 1.94. The second kappa shape index (κ2) is 7.47. The third-order valence-electron chi connectivity index (χ3n) is 5.38. The average Bonchev–Trinajstić information content (AvgIpc) is 2.46. The Hall–Kier alpha value is -0.300. The van der Waals surface area contributed by atoms with Gasteiger partial charge in [-0.25, -0.2) is 0 Å². The SMILES string of the molecule is CCNC(C1=CCCCC1)C1CCC(C(C)C)CC1. The van der Waals surface area contributed by atoms with Crippen molar-refractivity contribution in [3.05, 3.63) is 11.6 Å². The van der Waals surface area contributed by atoms with Gasteiger partial charge >= 0.3 is 0 Å². The molecule has 0 spiro atoms. The van der Waals surface area contributed by atoms with Gasteiger partial charge in [-0.3, -0.25) is 0 Å². The predicted molar refractivity (Wildman–Crippen MR) is 84.3 cm³/mol. The van der Waals surface area contributed by atoms with Gasteiger partial charge in [0.15, 0.2) is 0 Å². The predicted octanol–water partition coefficient (Wildman–Crippen LogP) is 4.93. The molecule has 1 fully saturated rings. The fourth-order valence-electron chi connectivity index (χ4n) is 4.11. The summed E-state index contributed by atoms with van der Waals surface area (Å²) in [6, 6.07) is 0.693. The Bertz CT molecular complexity index is 284. The molecule has 1 atom stereocenters. The van der Waals surface area contributed by atoms with Gasteiger partial charge in [-0.2, -0.15) is 0 Å². The molecule has 1 N–H and O–H groups in total. The topological polar surface area (TPSA) is 12.0 Å². The van der Waals surface area contributed by atoms with Gasteiger partial charge in [-0.05, 0) is 75.7 Å². The molecule has 2 aliphatic carbocycles. The lowest BCUT2D eigenvalue weighted by Gasteiger charge is -2.37. The lowest BCUT2D eigenvalue weighted by atomic mass is 9.72.